The van der Waals surface area contributed by atoms with Crippen molar-refractivity contribution in [3.8, 4) is 5.75 Å². The van der Waals surface area contributed by atoms with E-state index in [1.165, 1.54) is 6.07 Å². The molecular weight excluding hydrogens is 327 g/mol. The third kappa shape index (κ3) is 4.41. The third-order valence-electron chi connectivity index (χ3n) is 3.22. The van der Waals surface area contributed by atoms with Crippen LogP contribution in [0, 0.1) is 0 Å². The molecular formula is C15H20Cl2N2O3. The monoisotopic (exact) mass is 346 g/mol. The number of hydrogen-bond donors (Lipinski definition) is 2. The number of aromatic hydroxyl groups is 1. The van der Waals surface area contributed by atoms with Gasteiger partial charge in [0.25, 0.3) is 0 Å². The number of phenols is 1. The quantitative estimate of drug-likeness (QED) is 0.880. The van der Waals surface area contributed by atoms with Crippen molar-refractivity contribution in [2.24, 2.45) is 0 Å². The lowest BCUT2D eigenvalue weighted by Crippen LogP contribution is -2.60. The van der Waals surface area contributed by atoms with Crippen molar-refractivity contribution in [2.45, 2.75) is 39.0 Å². The van der Waals surface area contributed by atoms with E-state index >= 15 is 0 Å². The molecule has 0 saturated carbocycles. The zero-order valence-corrected chi connectivity index (χ0v) is 14.3. The van der Waals surface area contributed by atoms with Crippen molar-refractivity contribution in [1.29, 1.82) is 0 Å². The second kappa shape index (κ2) is 6.52. The maximum Gasteiger partial charge on any atom is 0.410 e. The number of phenolic OH excluding ortho intramolecular Hbond substituents is 1. The first-order valence-corrected chi connectivity index (χ1v) is 7.79. The third-order valence-corrected chi connectivity index (χ3v) is 3.73. The van der Waals surface area contributed by atoms with Gasteiger partial charge in [0, 0.05) is 36.3 Å². The van der Waals surface area contributed by atoms with Crippen LogP contribution in [0.4, 0.5) is 4.79 Å². The number of benzene rings is 1. The molecule has 0 aliphatic carbocycles. The molecule has 1 saturated heterocycles. The van der Waals surface area contributed by atoms with E-state index < -0.39 is 5.60 Å². The maximum atomic E-state index is 11.8. The zero-order chi connectivity index (χ0) is 16.5. The van der Waals surface area contributed by atoms with Gasteiger partial charge < -0.3 is 20.1 Å². The molecule has 1 aliphatic heterocycles. The fraction of sp³-hybridized carbons (Fsp3) is 0.533. The van der Waals surface area contributed by atoms with Crippen LogP contribution in [0.15, 0.2) is 12.1 Å². The number of halogens is 2. The number of nitrogens with zero attached hydrogens (tertiary/aromatic N) is 1. The van der Waals surface area contributed by atoms with Crippen LogP contribution in [0.25, 0.3) is 0 Å². The van der Waals surface area contributed by atoms with E-state index in [0.29, 0.717) is 30.2 Å². The van der Waals surface area contributed by atoms with Crippen LogP contribution >= 0.6 is 23.2 Å². The Hall–Kier alpha value is -1.17. The normalized spacial score (nSPS) is 15.6. The molecule has 22 heavy (non-hydrogen) atoms. The Morgan fingerprint density at radius 2 is 2.05 bits per heavy atom. The van der Waals surface area contributed by atoms with Gasteiger partial charge >= 0.3 is 6.09 Å². The van der Waals surface area contributed by atoms with Gasteiger partial charge in [-0.1, -0.05) is 23.2 Å². The summed E-state index contributed by atoms with van der Waals surface area (Å²) in [4.78, 5) is 13.4. The lowest BCUT2D eigenvalue weighted by molar-refractivity contribution is 0.00516. The van der Waals surface area contributed by atoms with Crippen LogP contribution in [0.1, 0.15) is 26.3 Å². The van der Waals surface area contributed by atoms with Gasteiger partial charge in [0.1, 0.15) is 11.4 Å². The summed E-state index contributed by atoms with van der Waals surface area (Å²) in [5, 5.41) is 13.8. The van der Waals surface area contributed by atoms with Crippen molar-refractivity contribution in [2.75, 3.05) is 13.1 Å². The molecule has 7 heteroatoms. The molecule has 0 spiro atoms. The van der Waals surface area contributed by atoms with E-state index in [2.05, 4.69) is 5.32 Å². The summed E-state index contributed by atoms with van der Waals surface area (Å²) >= 11 is 11.8. The number of nitrogens with one attached hydrogen (secondary N) is 1. The molecule has 5 nitrogen and oxygen atoms in total. The highest BCUT2D eigenvalue weighted by Crippen LogP contribution is 2.31. The second-order valence-electron chi connectivity index (χ2n) is 6.36. The van der Waals surface area contributed by atoms with E-state index in [9.17, 15) is 9.90 Å². The summed E-state index contributed by atoms with van der Waals surface area (Å²) in [5.74, 6) is 0.0295. The number of amides is 1. The van der Waals surface area contributed by atoms with Crippen LogP contribution in [0.3, 0.4) is 0 Å². The van der Waals surface area contributed by atoms with E-state index in [-0.39, 0.29) is 22.9 Å². The average molecular weight is 347 g/mol. The molecule has 1 aliphatic rings. The fourth-order valence-electron chi connectivity index (χ4n) is 2.09. The predicted molar refractivity (Wildman–Crippen MR) is 86.6 cm³/mol. The Morgan fingerprint density at radius 3 is 2.64 bits per heavy atom. The van der Waals surface area contributed by atoms with Crippen molar-refractivity contribution in [3.63, 3.8) is 0 Å². The van der Waals surface area contributed by atoms with Crippen molar-refractivity contribution >= 4 is 29.3 Å². The number of carbonyl (C=O) groups excluding carboxylic acids is 1. The van der Waals surface area contributed by atoms with E-state index in [1.807, 2.05) is 20.8 Å². The molecule has 1 fully saturated rings. The van der Waals surface area contributed by atoms with E-state index in [4.69, 9.17) is 27.9 Å². The summed E-state index contributed by atoms with van der Waals surface area (Å²) in [6.45, 7) is 7.09. The molecule has 1 aromatic carbocycles. The standard InChI is InChI=1S/C15H20Cl2N2O3/c1-15(2,3)22-14(21)19-7-11(8-19)18-6-9-4-10(16)5-12(17)13(9)20/h4-5,11,18,20H,6-8H2,1-3H3. The van der Waals surface area contributed by atoms with Crippen molar-refractivity contribution in [3.05, 3.63) is 27.7 Å². The highest BCUT2D eigenvalue weighted by atomic mass is 35.5. The molecule has 2 N–H and O–H groups in total. The Bertz CT molecular complexity index is 567. The van der Waals surface area contributed by atoms with Gasteiger partial charge in [-0.25, -0.2) is 4.79 Å². The topological polar surface area (TPSA) is 61.8 Å². The van der Waals surface area contributed by atoms with Gasteiger partial charge in [0.2, 0.25) is 0 Å². The van der Waals surface area contributed by atoms with Gasteiger partial charge in [0.05, 0.1) is 5.02 Å². The summed E-state index contributed by atoms with van der Waals surface area (Å²) in [5.41, 5.74) is 0.145. The molecule has 122 valence electrons. The summed E-state index contributed by atoms with van der Waals surface area (Å²) in [6, 6.07) is 3.32. The molecule has 0 atom stereocenters. The number of likely N-dealkylation sites (tertiary alicyclic amines) is 1. The minimum atomic E-state index is -0.487. The van der Waals surface area contributed by atoms with Crippen molar-refractivity contribution < 1.29 is 14.6 Å². The van der Waals surface area contributed by atoms with Gasteiger partial charge in [-0.3, -0.25) is 0 Å². The van der Waals surface area contributed by atoms with E-state index in [1.54, 1.807) is 11.0 Å². The van der Waals surface area contributed by atoms with Gasteiger partial charge in [-0.05, 0) is 32.9 Å². The Kier molecular flexibility index (Phi) is 5.10. The van der Waals surface area contributed by atoms with E-state index in [0.717, 1.165) is 0 Å². The SMILES string of the molecule is CC(C)(C)OC(=O)N1CC(NCc2cc(Cl)cc(Cl)c2O)C1. The van der Waals surface area contributed by atoms with Crippen molar-refractivity contribution in [1.82, 2.24) is 10.2 Å². The zero-order valence-electron chi connectivity index (χ0n) is 12.8. The Morgan fingerprint density at radius 1 is 1.41 bits per heavy atom. The number of rotatable bonds is 3. The predicted octanol–water partition coefficient (Wildman–Crippen LogP) is 3.41. The number of ether oxygens (including phenoxy) is 1. The molecule has 1 amide bonds. The summed E-state index contributed by atoms with van der Waals surface area (Å²) < 4.78 is 5.29. The molecule has 0 unspecified atom stereocenters. The molecule has 1 aromatic rings. The van der Waals surface area contributed by atoms with Crippen LogP contribution in [-0.4, -0.2) is 40.8 Å². The number of hydrogen-bond acceptors (Lipinski definition) is 4. The largest absolute Gasteiger partial charge is 0.506 e. The minimum absolute atomic E-state index is 0.0295. The van der Waals surface area contributed by atoms with Crippen LogP contribution in [0.5, 0.6) is 5.75 Å². The lowest BCUT2D eigenvalue weighted by atomic mass is 10.1. The lowest BCUT2D eigenvalue weighted by Gasteiger charge is -2.40. The Balaban J connectivity index is 1.81. The Labute approximate surface area is 140 Å². The highest BCUT2D eigenvalue weighted by molar-refractivity contribution is 6.35. The van der Waals surface area contributed by atoms with Gasteiger partial charge in [-0.2, -0.15) is 0 Å². The molecule has 0 radical (unpaired) electrons. The summed E-state index contributed by atoms with van der Waals surface area (Å²) in [6.07, 6.45) is -0.306. The van der Waals surface area contributed by atoms with Gasteiger partial charge in [0.15, 0.2) is 0 Å². The summed E-state index contributed by atoms with van der Waals surface area (Å²) in [7, 11) is 0. The molecule has 0 aromatic heterocycles. The highest BCUT2D eigenvalue weighted by Gasteiger charge is 2.33. The first-order chi connectivity index (χ1) is 10.2. The van der Waals surface area contributed by atoms with Gasteiger partial charge in [-0.15, -0.1) is 0 Å². The fourth-order valence-corrected chi connectivity index (χ4v) is 2.63. The maximum absolute atomic E-state index is 11.8. The smallest absolute Gasteiger partial charge is 0.410 e. The number of carbonyl (C=O) groups is 1. The molecule has 0 bridgehead atoms. The molecule has 1 heterocycles. The van der Waals surface area contributed by atoms with Crippen LogP contribution in [-0.2, 0) is 11.3 Å². The van der Waals surface area contributed by atoms with Crippen LogP contribution in [0.2, 0.25) is 10.0 Å². The average Bonchev–Trinajstić information content (AvgIpc) is 2.30. The molecule has 2 rings (SSSR count). The second-order valence-corrected chi connectivity index (χ2v) is 7.20. The first-order valence-electron chi connectivity index (χ1n) is 7.04. The first kappa shape index (κ1) is 17.2. The minimum Gasteiger partial charge on any atom is -0.506 e. The van der Waals surface area contributed by atoms with Crippen LogP contribution < -0.4 is 5.32 Å².